The summed E-state index contributed by atoms with van der Waals surface area (Å²) in [5.74, 6) is -0.388. The van der Waals surface area contributed by atoms with E-state index in [1.165, 1.54) is 11.1 Å². The van der Waals surface area contributed by atoms with Crippen molar-refractivity contribution in [2.24, 2.45) is 0 Å². The summed E-state index contributed by atoms with van der Waals surface area (Å²) in [4.78, 5) is 30.8. The molecule has 8 rings (SSSR count). The van der Waals surface area contributed by atoms with Gasteiger partial charge in [-0.2, -0.15) is 0 Å². The number of Topliss-reactive ketones (excluding diaryl/α,β-unsaturated/α-hetero) is 2. The lowest BCUT2D eigenvalue weighted by atomic mass is 9.93. The minimum Gasteiger partial charge on any atom is -0.301 e. The molecule has 1 aromatic heterocycles. The molecule has 0 unspecified atom stereocenters. The summed E-state index contributed by atoms with van der Waals surface area (Å²) < 4.78 is 0. The number of thiophene rings is 1. The SMILES string of the molecule is O=C1C(=Cc2ccc(N3c4ccccc4Cc4ccccc43)s2)C(=O)c2c1c1ccccc1c1ccccc21. The van der Waals surface area contributed by atoms with Crippen LogP contribution in [0.15, 0.2) is 115 Å². The number of allylic oxidation sites excluding steroid dienone is 1. The number of hydrogen-bond acceptors (Lipinski definition) is 4. The summed E-state index contributed by atoms with van der Waals surface area (Å²) in [6.07, 6.45) is 2.68. The van der Waals surface area contributed by atoms with Crippen molar-refractivity contribution in [3.8, 4) is 0 Å². The molecule has 0 radical (unpaired) electrons. The number of fused-ring (bicyclic) bond motifs is 8. The van der Waals surface area contributed by atoms with E-state index in [4.69, 9.17) is 0 Å². The molecule has 2 aliphatic rings. The number of hydrogen-bond donors (Lipinski definition) is 0. The maximum atomic E-state index is 13.8. The molecule has 3 nitrogen and oxygen atoms in total. The predicted molar refractivity (Wildman–Crippen MR) is 160 cm³/mol. The summed E-state index contributed by atoms with van der Waals surface area (Å²) in [5, 5.41) is 4.71. The highest BCUT2D eigenvalue weighted by Crippen LogP contribution is 2.47. The fourth-order valence-corrected chi connectivity index (χ4v) is 7.11. The van der Waals surface area contributed by atoms with Crippen molar-refractivity contribution in [1.82, 2.24) is 0 Å². The zero-order valence-electron chi connectivity index (χ0n) is 20.8. The maximum Gasteiger partial charge on any atom is 0.198 e. The van der Waals surface area contributed by atoms with Gasteiger partial charge in [-0.3, -0.25) is 9.59 Å². The molecule has 0 atom stereocenters. The molecule has 0 fully saturated rings. The van der Waals surface area contributed by atoms with Gasteiger partial charge in [0.25, 0.3) is 0 Å². The Labute approximate surface area is 229 Å². The lowest BCUT2D eigenvalue weighted by Gasteiger charge is -2.32. The Balaban J connectivity index is 1.26. The van der Waals surface area contributed by atoms with E-state index in [2.05, 4.69) is 59.5 Å². The topological polar surface area (TPSA) is 37.4 Å². The molecule has 6 aromatic rings. The molecule has 0 spiro atoms. The van der Waals surface area contributed by atoms with Crippen LogP contribution in [0.5, 0.6) is 0 Å². The molecule has 4 heteroatoms. The van der Waals surface area contributed by atoms with Gasteiger partial charge in [0.2, 0.25) is 0 Å². The summed E-state index contributed by atoms with van der Waals surface area (Å²) >= 11 is 1.59. The second-order valence-electron chi connectivity index (χ2n) is 10.0. The first-order valence-corrected chi connectivity index (χ1v) is 13.8. The number of anilines is 3. The first-order valence-electron chi connectivity index (χ1n) is 13.0. The van der Waals surface area contributed by atoms with Gasteiger partial charge < -0.3 is 4.90 Å². The van der Waals surface area contributed by atoms with E-state index < -0.39 is 0 Å². The van der Waals surface area contributed by atoms with Gasteiger partial charge in [-0.1, -0.05) is 84.9 Å². The number of benzene rings is 5. The van der Waals surface area contributed by atoms with E-state index in [1.807, 2.05) is 54.6 Å². The molecular weight excluding hydrogens is 498 g/mol. The van der Waals surface area contributed by atoms with E-state index in [0.717, 1.165) is 49.2 Å². The van der Waals surface area contributed by atoms with Crippen LogP contribution in [-0.4, -0.2) is 11.6 Å². The third-order valence-corrected chi connectivity index (χ3v) is 8.86. The highest BCUT2D eigenvalue weighted by molar-refractivity contribution is 7.17. The lowest BCUT2D eigenvalue weighted by Crippen LogP contribution is -2.17. The molecule has 0 N–H and O–H groups in total. The standard InChI is InChI=1S/C35H21NO2S/c37-34-28(35(38)33-27-14-6-4-12-25(27)24-11-3-5-13-26(24)32(33)34)20-23-17-18-31(39-23)36-29-15-7-1-9-21(29)19-22-10-2-8-16-30(22)36/h1-18,20H,19H2. The Kier molecular flexibility index (Phi) is 4.76. The molecule has 2 heterocycles. The minimum atomic E-state index is -0.194. The highest BCUT2D eigenvalue weighted by Gasteiger charge is 2.37. The number of nitrogens with zero attached hydrogens (tertiary/aromatic N) is 1. The van der Waals surface area contributed by atoms with Crippen LogP contribution < -0.4 is 4.90 Å². The average Bonchev–Trinajstić information content (AvgIpc) is 3.54. The maximum absolute atomic E-state index is 13.8. The molecule has 0 saturated carbocycles. The van der Waals surface area contributed by atoms with Crippen molar-refractivity contribution in [3.05, 3.63) is 142 Å². The van der Waals surface area contributed by atoms with Crippen LogP contribution in [-0.2, 0) is 6.42 Å². The van der Waals surface area contributed by atoms with E-state index in [9.17, 15) is 9.59 Å². The van der Waals surface area contributed by atoms with E-state index in [0.29, 0.717) is 11.1 Å². The van der Waals surface area contributed by atoms with Gasteiger partial charge in [-0.25, -0.2) is 0 Å². The highest BCUT2D eigenvalue weighted by atomic mass is 32.1. The van der Waals surface area contributed by atoms with E-state index >= 15 is 0 Å². The molecule has 184 valence electrons. The molecule has 0 amide bonds. The van der Waals surface area contributed by atoms with Crippen molar-refractivity contribution in [2.45, 2.75) is 6.42 Å². The van der Waals surface area contributed by atoms with Crippen molar-refractivity contribution >= 4 is 66.9 Å². The summed E-state index contributed by atoms with van der Waals surface area (Å²) in [5.41, 5.74) is 6.16. The fourth-order valence-electron chi connectivity index (χ4n) is 6.13. The van der Waals surface area contributed by atoms with Crippen molar-refractivity contribution in [2.75, 3.05) is 4.90 Å². The second-order valence-corrected chi connectivity index (χ2v) is 11.1. The molecule has 0 bridgehead atoms. The largest absolute Gasteiger partial charge is 0.301 e. The second kappa shape index (κ2) is 8.35. The Bertz CT molecular complexity index is 1930. The Hall–Kier alpha value is -4.80. The van der Waals surface area contributed by atoms with Crippen molar-refractivity contribution < 1.29 is 9.59 Å². The van der Waals surface area contributed by atoms with Gasteiger partial charge in [-0.05, 0) is 63.0 Å². The minimum absolute atomic E-state index is 0.194. The number of carbonyl (C=O) groups excluding carboxylic acids is 2. The number of ketones is 2. The zero-order valence-corrected chi connectivity index (χ0v) is 21.7. The summed E-state index contributed by atoms with van der Waals surface area (Å²) in [6.45, 7) is 0. The number of para-hydroxylation sites is 2. The van der Waals surface area contributed by atoms with Crippen LogP contribution in [0.4, 0.5) is 16.4 Å². The molecular formula is C35H21NO2S. The van der Waals surface area contributed by atoms with Crippen LogP contribution >= 0.6 is 11.3 Å². The van der Waals surface area contributed by atoms with Gasteiger partial charge in [-0.15, -0.1) is 11.3 Å². The van der Waals surface area contributed by atoms with E-state index in [1.54, 1.807) is 17.4 Å². The smallest absolute Gasteiger partial charge is 0.198 e. The number of rotatable bonds is 2. The lowest BCUT2D eigenvalue weighted by molar-refractivity contribution is 0.0991. The quantitative estimate of drug-likeness (QED) is 0.130. The van der Waals surface area contributed by atoms with Gasteiger partial charge >= 0.3 is 0 Å². The average molecular weight is 520 g/mol. The van der Waals surface area contributed by atoms with Crippen molar-refractivity contribution in [1.29, 1.82) is 0 Å². The molecule has 1 aliphatic heterocycles. The van der Waals surface area contributed by atoms with Gasteiger partial charge in [0.05, 0.1) is 16.9 Å². The van der Waals surface area contributed by atoms with Crippen LogP contribution in [0, 0.1) is 0 Å². The van der Waals surface area contributed by atoms with Gasteiger partial charge in [0.15, 0.2) is 11.6 Å². The fraction of sp³-hybridized carbons (Fsp3) is 0.0286. The van der Waals surface area contributed by atoms with Crippen LogP contribution in [0.25, 0.3) is 27.6 Å². The number of carbonyl (C=O) groups is 2. The zero-order chi connectivity index (χ0) is 26.1. The van der Waals surface area contributed by atoms with Crippen molar-refractivity contribution in [3.63, 3.8) is 0 Å². The Morgan fingerprint density at radius 1 is 0.564 bits per heavy atom. The molecule has 1 aliphatic carbocycles. The monoisotopic (exact) mass is 519 g/mol. The third-order valence-electron chi connectivity index (χ3n) is 7.84. The molecule has 0 saturated heterocycles. The van der Waals surface area contributed by atoms with Crippen LogP contribution in [0.2, 0.25) is 0 Å². The Morgan fingerprint density at radius 2 is 1.05 bits per heavy atom. The van der Waals surface area contributed by atoms with Crippen LogP contribution in [0.3, 0.4) is 0 Å². The van der Waals surface area contributed by atoms with Gasteiger partial charge in [0.1, 0.15) is 5.00 Å². The van der Waals surface area contributed by atoms with Gasteiger partial charge in [0, 0.05) is 22.4 Å². The molecule has 5 aromatic carbocycles. The predicted octanol–water partition coefficient (Wildman–Crippen LogP) is 8.89. The summed E-state index contributed by atoms with van der Waals surface area (Å²) in [7, 11) is 0. The summed E-state index contributed by atoms with van der Waals surface area (Å²) in [6, 6.07) is 36.8. The third kappa shape index (κ3) is 3.22. The van der Waals surface area contributed by atoms with Crippen LogP contribution in [0.1, 0.15) is 36.7 Å². The first-order chi connectivity index (χ1) is 19.2. The van der Waals surface area contributed by atoms with E-state index in [-0.39, 0.29) is 17.1 Å². The molecule has 39 heavy (non-hydrogen) atoms. The normalized spacial score (nSPS) is 14.1. The Morgan fingerprint density at radius 3 is 1.62 bits per heavy atom. The first kappa shape index (κ1) is 22.2.